The summed E-state index contributed by atoms with van der Waals surface area (Å²) in [6.07, 6.45) is 14.1. The number of carbonyl (C=O) groups is 1. The van der Waals surface area contributed by atoms with E-state index in [0.717, 1.165) is 35.5 Å². The standard InChI is InChI=1S/C22H36O.C2H6/c1-14-7-9-17-16(13-14)8-10-19-18(17)11-12-22(3)20(15(2)23)5-4-6-21(19)22;1-2/h14,16-21H,4-13H2,1-3H3;1-2H3. The van der Waals surface area contributed by atoms with Crippen molar-refractivity contribution in [2.45, 2.75) is 98.8 Å². The Balaban J connectivity index is 0.000000880. The van der Waals surface area contributed by atoms with Gasteiger partial charge in [-0.05, 0) is 99.2 Å². The van der Waals surface area contributed by atoms with Crippen molar-refractivity contribution in [2.75, 3.05) is 0 Å². The van der Waals surface area contributed by atoms with E-state index >= 15 is 0 Å². The van der Waals surface area contributed by atoms with Crippen LogP contribution >= 0.6 is 0 Å². The normalized spacial score (nSPS) is 48.9. The molecule has 0 heterocycles. The summed E-state index contributed by atoms with van der Waals surface area (Å²) >= 11 is 0. The van der Waals surface area contributed by atoms with Crippen molar-refractivity contribution in [2.24, 2.45) is 46.8 Å². The van der Waals surface area contributed by atoms with Crippen LogP contribution in [0.1, 0.15) is 98.8 Å². The van der Waals surface area contributed by atoms with Crippen molar-refractivity contribution in [3.63, 3.8) is 0 Å². The molecule has 0 N–H and O–H groups in total. The molecule has 144 valence electrons. The zero-order valence-corrected chi connectivity index (χ0v) is 17.5. The Labute approximate surface area is 156 Å². The Morgan fingerprint density at radius 2 is 1.60 bits per heavy atom. The van der Waals surface area contributed by atoms with Crippen molar-refractivity contribution in [1.29, 1.82) is 0 Å². The largest absolute Gasteiger partial charge is 0.300 e. The number of fused-ring (bicyclic) bond motifs is 5. The third-order valence-electron chi connectivity index (χ3n) is 8.95. The highest BCUT2D eigenvalue weighted by Crippen LogP contribution is 2.63. The van der Waals surface area contributed by atoms with Crippen LogP contribution in [0.15, 0.2) is 0 Å². The maximum absolute atomic E-state index is 12.3. The van der Waals surface area contributed by atoms with Crippen molar-refractivity contribution in [3.05, 3.63) is 0 Å². The van der Waals surface area contributed by atoms with E-state index in [2.05, 4.69) is 13.8 Å². The van der Waals surface area contributed by atoms with Crippen LogP contribution in [0.25, 0.3) is 0 Å². The lowest BCUT2D eigenvalue weighted by atomic mass is 9.44. The average Bonchev–Trinajstić information content (AvgIpc) is 2.61. The van der Waals surface area contributed by atoms with Crippen molar-refractivity contribution < 1.29 is 4.79 Å². The quantitative estimate of drug-likeness (QED) is 0.505. The van der Waals surface area contributed by atoms with Crippen LogP contribution < -0.4 is 0 Å². The molecule has 0 aromatic carbocycles. The monoisotopic (exact) mass is 346 g/mol. The minimum atomic E-state index is 0.333. The maximum atomic E-state index is 12.3. The van der Waals surface area contributed by atoms with E-state index in [1.54, 1.807) is 0 Å². The summed E-state index contributed by atoms with van der Waals surface area (Å²) in [5.41, 5.74) is 0.333. The van der Waals surface area contributed by atoms with Gasteiger partial charge in [-0.3, -0.25) is 4.79 Å². The number of carbonyl (C=O) groups excluding carboxylic acids is 1. The van der Waals surface area contributed by atoms with Crippen LogP contribution in [0.3, 0.4) is 0 Å². The first-order valence-corrected chi connectivity index (χ1v) is 11.5. The van der Waals surface area contributed by atoms with Crippen LogP contribution in [-0.2, 0) is 4.79 Å². The molecule has 0 spiro atoms. The van der Waals surface area contributed by atoms with Crippen LogP contribution in [0, 0.1) is 46.8 Å². The lowest BCUT2D eigenvalue weighted by molar-refractivity contribution is -0.142. The number of ketones is 1. The van der Waals surface area contributed by atoms with Gasteiger partial charge in [-0.15, -0.1) is 0 Å². The Hall–Kier alpha value is -0.330. The maximum Gasteiger partial charge on any atom is 0.133 e. The first-order valence-electron chi connectivity index (χ1n) is 11.5. The zero-order chi connectivity index (χ0) is 18.2. The van der Waals surface area contributed by atoms with Gasteiger partial charge >= 0.3 is 0 Å². The van der Waals surface area contributed by atoms with Crippen molar-refractivity contribution in [3.8, 4) is 0 Å². The molecule has 4 fully saturated rings. The first kappa shape index (κ1) is 19.4. The fourth-order valence-corrected chi connectivity index (χ4v) is 7.95. The van der Waals surface area contributed by atoms with Crippen LogP contribution in [0.2, 0.25) is 0 Å². The van der Waals surface area contributed by atoms with Gasteiger partial charge < -0.3 is 0 Å². The molecule has 1 heteroatoms. The molecule has 0 aromatic heterocycles. The fourth-order valence-electron chi connectivity index (χ4n) is 7.95. The summed E-state index contributed by atoms with van der Waals surface area (Å²) in [6, 6.07) is 0. The third kappa shape index (κ3) is 3.34. The summed E-state index contributed by atoms with van der Waals surface area (Å²) in [6.45, 7) is 10.8. The van der Waals surface area contributed by atoms with Crippen LogP contribution in [0.5, 0.6) is 0 Å². The SMILES string of the molecule is CC.CC(=O)C1CCCC2C3CCC4CC(C)CCC4C3CCC12C. The van der Waals surface area contributed by atoms with Gasteiger partial charge in [0.05, 0.1) is 0 Å². The van der Waals surface area contributed by atoms with E-state index in [0.29, 0.717) is 17.1 Å². The summed E-state index contributed by atoms with van der Waals surface area (Å²) in [4.78, 5) is 12.3. The molecule has 4 aliphatic carbocycles. The second-order valence-electron chi connectivity index (χ2n) is 9.99. The Kier molecular flexibility index (Phi) is 6.01. The highest BCUT2D eigenvalue weighted by molar-refractivity contribution is 5.79. The summed E-state index contributed by atoms with van der Waals surface area (Å²) < 4.78 is 0. The predicted octanol–water partition coefficient (Wildman–Crippen LogP) is 6.90. The molecule has 0 radical (unpaired) electrons. The third-order valence-corrected chi connectivity index (χ3v) is 8.95. The highest BCUT2D eigenvalue weighted by Gasteiger charge is 2.56. The van der Waals surface area contributed by atoms with E-state index in [9.17, 15) is 4.79 Å². The van der Waals surface area contributed by atoms with Gasteiger partial charge in [0, 0.05) is 5.92 Å². The molecule has 4 rings (SSSR count). The summed E-state index contributed by atoms with van der Waals surface area (Å²) in [5.74, 6) is 6.70. The number of rotatable bonds is 1. The Morgan fingerprint density at radius 1 is 0.880 bits per heavy atom. The molecule has 0 bridgehead atoms. The molecule has 0 amide bonds. The van der Waals surface area contributed by atoms with Crippen molar-refractivity contribution in [1.82, 2.24) is 0 Å². The van der Waals surface area contributed by atoms with E-state index in [1.165, 1.54) is 64.2 Å². The molecule has 4 aliphatic rings. The number of hydrogen-bond donors (Lipinski definition) is 0. The van der Waals surface area contributed by atoms with E-state index in [-0.39, 0.29) is 0 Å². The molecule has 25 heavy (non-hydrogen) atoms. The van der Waals surface area contributed by atoms with Gasteiger partial charge in [0.1, 0.15) is 5.78 Å². The van der Waals surface area contributed by atoms with Gasteiger partial charge in [-0.1, -0.05) is 40.5 Å². The second kappa shape index (κ2) is 7.73. The van der Waals surface area contributed by atoms with Crippen molar-refractivity contribution >= 4 is 5.78 Å². The predicted molar refractivity (Wildman–Crippen MR) is 106 cm³/mol. The molecule has 1 nitrogen and oxygen atoms in total. The Bertz CT molecular complexity index is 469. The zero-order valence-electron chi connectivity index (χ0n) is 17.5. The minimum Gasteiger partial charge on any atom is -0.300 e. The lowest BCUT2D eigenvalue weighted by Gasteiger charge is -2.60. The molecule has 0 aliphatic heterocycles. The van der Waals surface area contributed by atoms with E-state index < -0.39 is 0 Å². The molecule has 0 saturated heterocycles. The fraction of sp³-hybridized carbons (Fsp3) is 0.958. The second-order valence-corrected chi connectivity index (χ2v) is 9.99. The molecule has 0 aromatic rings. The molecular weight excluding hydrogens is 304 g/mol. The molecule has 4 saturated carbocycles. The van der Waals surface area contributed by atoms with Gasteiger partial charge in [-0.2, -0.15) is 0 Å². The Morgan fingerprint density at radius 3 is 2.32 bits per heavy atom. The van der Waals surface area contributed by atoms with Crippen LogP contribution in [-0.4, -0.2) is 5.78 Å². The molecule has 8 atom stereocenters. The van der Waals surface area contributed by atoms with Gasteiger partial charge in [0.15, 0.2) is 0 Å². The van der Waals surface area contributed by atoms with E-state index in [4.69, 9.17) is 0 Å². The van der Waals surface area contributed by atoms with E-state index in [1.807, 2.05) is 20.8 Å². The first-order chi connectivity index (χ1) is 12.0. The number of hydrogen-bond acceptors (Lipinski definition) is 1. The van der Waals surface area contributed by atoms with Gasteiger partial charge in [0.25, 0.3) is 0 Å². The average molecular weight is 347 g/mol. The van der Waals surface area contributed by atoms with Gasteiger partial charge in [-0.25, -0.2) is 0 Å². The summed E-state index contributed by atoms with van der Waals surface area (Å²) in [5, 5.41) is 0. The lowest BCUT2D eigenvalue weighted by Crippen LogP contribution is -2.53. The molecular formula is C24H42O. The van der Waals surface area contributed by atoms with Crippen LogP contribution in [0.4, 0.5) is 0 Å². The topological polar surface area (TPSA) is 17.1 Å². The summed E-state index contributed by atoms with van der Waals surface area (Å²) in [7, 11) is 0. The highest BCUT2D eigenvalue weighted by atomic mass is 16.1. The smallest absolute Gasteiger partial charge is 0.133 e. The van der Waals surface area contributed by atoms with Gasteiger partial charge in [0.2, 0.25) is 0 Å². The molecule has 8 unspecified atom stereocenters. The minimum absolute atomic E-state index is 0.333. The number of Topliss-reactive ketones (excluding diaryl/α,β-unsaturated/α-hetero) is 1.